The number of amides is 2. The summed E-state index contributed by atoms with van der Waals surface area (Å²) in [6.45, 7) is 4.55. The molecule has 0 unspecified atom stereocenters. The van der Waals surface area contributed by atoms with Crippen LogP contribution in [0.15, 0.2) is 18.2 Å². The highest BCUT2D eigenvalue weighted by Gasteiger charge is 2.25. The van der Waals surface area contributed by atoms with Crippen molar-refractivity contribution in [2.45, 2.75) is 52.1 Å². The summed E-state index contributed by atoms with van der Waals surface area (Å²) in [5, 5.41) is 5.66. The number of hydrogen-bond donors (Lipinski definition) is 2. The van der Waals surface area contributed by atoms with Gasteiger partial charge in [-0.3, -0.25) is 9.59 Å². The minimum absolute atomic E-state index is 0.0112. The molecule has 0 radical (unpaired) electrons. The zero-order valence-corrected chi connectivity index (χ0v) is 15.3. The van der Waals surface area contributed by atoms with Crippen LogP contribution in [0.25, 0.3) is 0 Å². The molecule has 2 rings (SSSR count). The summed E-state index contributed by atoms with van der Waals surface area (Å²) in [5.74, 6) is 1.17. The number of carbonyl (C=O) groups excluding carboxylic acids is 2. The van der Waals surface area contributed by atoms with E-state index >= 15 is 0 Å². The first-order chi connectivity index (χ1) is 12.0. The summed E-state index contributed by atoms with van der Waals surface area (Å²) in [7, 11) is 1.58. The van der Waals surface area contributed by atoms with Gasteiger partial charge in [0.25, 0.3) is 0 Å². The van der Waals surface area contributed by atoms with Crippen molar-refractivity contribution in [3.63, 3.8) is 0 Å². The van der Waals surface area contributed by atoms with Crippen LogP contribution in [0.3, 0.4) is 0 Å². The molecule has 0 heterocycles. The van der Waals surface area contributed by atoms with E-state index in [-0.39, 0.29) is 17.7 Å². The standard InChI is InChI=1S/C19H28N2O4/c1-4-25-16-10-9-14(11-17(16)24-3)12-20-18(22)13(2)21-19(23)15-7-5-6-8-15/h9-11,13,15H,4-8,12H2,1-3H3,(H,20,22)(H,21,23)/t13-/m0/s1. The second-order valence-corrected chi connectivity index (χ2v) is 6.35. The first kappa shape index (κ1) is 19.1. The van der Waals surface area contributed by atoms with Crippen LogP contribution < -0.4 is 20.1 Å². The van der Waals surface area contributed by atoms with E-state index in [0.717, 1.165) is 31.2 Å². The van der Waals surface area contributed by atoms with Gasteiger partial charge in [0.15, 0.2) is 11.5 Å². The van der Waals surface area contributed by atoms with Gasteiger partial charge in [0.2, 0.25) is 11.8 Å². The highest BCUT2D eigenvalue weighted by atomic mass is 16.5. The number of nitrogens with one attached hydrogen (secondary N) is 2. The Morgan fingerprint density at radius 3 is 2.60 bits per heavy atom. The van der Waals surface area contributed by atoms with Crippen molar-refractivity contribution in [2.24, 2.45) is 5.92 Å². The minimum atomic E-state index is -0.544. The molecule has 0 aliphatic heterocycles. The van der Waals surface area contributed by atoms with E-state index in [4.69, 9.17) is 9.47 Å². The molecule has 25 heavy (non-hydrogen) atoms. The first-order valence-electron chi connectivity index (χ1n) is 8.93. The fourth-order valence-corrected chi connectivity index (χ4v) is 3.02. The van der Waals surface area contributed by atoms with Gasteiger partial charge in [-0.15, -0.1) is 0 Å². The van der Waals surface area contributed by atoms with Gasteiger partial charge in [-0.1, -0.05) is 18.9 Å². The number of carbonyl (C=O) groups is 2. The number of benzene rings is 1. The van der Waals surface area contributed by atoms with E-state index in [1.54, 1.807) is 14.0 Å². The molecular weight excluding hydrogens is 320 g/mol. The van der Waals surface area contributed by atoms with E-state index in [2.05, 4.69) is 10.6 Å². The van der Waals surface area contributed by atoms with Gasteiger partial charge >= 0.3 is 0 Å². The number of ether oxygens (including phenoxy) is 2. The van der Waals surface area contributed by atoms with Crippen LogP contribution in [0.2, 0.25) is 0 Å². The fourth-order valence-electron chi connectivity index (χ4n) is 3.02. The molecule has 1 aliphatic rings. The Bertz CT molecular complexity index is 597. The van der Waals surface area contributed by atoms with Crippen molar-refractivity contribution in [3.8, 4) is 11.5 Å². The average Bonchev–Trinajstić information content (AvgIpc) is 3.15. The lowest BCUT2D eigenvalue weighted by Gasteiger charge is -2.17. The average molecular weight is 348 g/mol. The third-order valence-corrected chi connectivity index (χ3v) is 4.47. The highest BCUT2D eigenvalue weighted by molar-refractivity contribution is 5.88. The number of rotatable bonds is 8. The van der Waals surface area contributed by atoms with Gasteiger partial charge in [0.1, 0.15) is 6.04 Å². The summed E-state index contributed by atoms with van der Waals surface area (Å²) < 4.78 is 10.8. The van der Waals surface area contributed by atoms with E-state index in [1.165, 1.54) is 0 Å². The van der Waals surface area contributed by atoms with Gasteiger partial charge < -0.3 is 20.1 Å². The lowest BCUT2D eigenvalue weighted by Crippen LogP contribution is -2.46. The summed E-state index contributed by atoms with van der Waals surface area (Å²) in [6, 6.07) is 5.01. The molecule has 1 aromatic carbocycles. The topological polar surface area (TPSA) is 76.7 Å². The lowest BCUT2D eigenvalue weighted by molar-refractivity contribution is -0.130. The maximum Gasteiger partial charge on any atom is 0.242 e. The molecule has 2 N–H and O–H groups in total. The molecule has 138 valence electrons. The zero-order chi connectivity index (χ0) is 18.2. The first-order valence-corrected chi connectivity index (χ1v) is 8.93. The van der Waals surface area contributed by atoms with Crippen molar-refractivity contribution in [1.29, 1.82) is 0 Å². The molecule has 0 spiro atoms. The summed E-state index contributed by atoms with van der Waals surface area (Å²) >= 11 is 0. The molecule has 6 heteroatoms. The summed E-state index contributed by atoms with van der Waals surface area (Å²) in [4.78, 5) is 24.3. The predicted octanol–water partition coefficient (Wildman–Crippen LogP) is 2.41. The van der Waals surface area contributed by atoms with Crippen LogP contribution in [0.4, 0.5) is 0 Å². The van der Waals surface area contributed by atoms with Gasteiger partial charge in [-0.25, -0.2) is 0 Å². The molecule has 0 saturated heterocycles. The quantitative estimate of drug-likeness (QED) is 0.756. The molecular formula is C19H28N2O4. The van der Waals surface area contributed by atoms with Gasteiger partial charge in [0, 0.05) is 12.5 Å². The molecule has 0 bridgehead atoms. The Hall–Kier alpha value is -2.24. The van der Waals surface area contributed by atoms with Crippen LogP contribution in [0, 0.1) is 5.92 Å². The van der Waals surface area contributed by atoms with Crippen molar-refractivity contribution in [3.05, 3.63) is 23.8 Å². The van der Waals surface area contributed by atoms with Crippen LogP contribution in [0.1, 0.15) is 45.1 Å². The van der Waals surface area contributed by atoms with Gasteiger partial charge in [-0.05, 0) is 44.4 Å². The molecule has 1 fully saturated rings. The predicted molar refractivity (Wildman–Crippen MR) is 95.6 cm³/mol. The summed E-state index contributed by atoms with van der Waals surface area (Å²) in [6.07, 6.45) is 4.04. The maximum atomic E-state index is 12.2. The van der Waals surface area contributed by atoms with Crippen molar-refractivity contribution in [2.75, 3.05) is 13.7 Å². The Balaban J connectivity index is 1.85. The van der Waals surface area contributed by atoms with E-state index < -0.39 is 6.04 Å². The Labute approximate surface area is 149 Å². The second-order valence-electron chi connectivity index (χ2n) is 6.35. The highest BCUT2D eigenvalue weighted by Crippen LogP contribution is 2.28. The minimum Gasteiger partial charge on any atom is -0.493 e. The number of hydrogen-bond acceptors (Lipinski definition) is 4. The fraction of sp³-hybridized carbons (Fsp3) is 0.579. The number of methoxy groups -OCH3 is 1. The third-order valence-electron chi connectivity index (χ3n) is 4.47. The Morgan fingerprint density at radius 1 is 1.24 bits per heavy atom. The van der Waals surface area contributed by atoms with Gasteiger partial charge in [-0.2, -0.15) is 0 Å². The normalized spacial score (nSPS) is 15.5. The molecule has 0 aromatic heterocycles. The van der Waals surface area contributed by atoms with E-state index in [9.17, 15) is 9.59 Å². The lowest BCUT2D eigenvalue weighted by atomic mass is 10.1. The van der Waals surface area contributed by atoms with Crippen LogP contribution >= 0.6 is 0 Å². The summed E-state index contributed by atoms with van der Waals surface area (Å²) in [5.41, 5.74) is 0.906. The molecule has 1 saturated carbocycles. The molecule has 1 aromatic rings. The Morgan fingerprint density at radius 2 is 1.96 bits per heavy atom. The van der Waals surface area contributed by atoms with Crippen LogP contribution in [0.5, 0.6) is 11.5 Å². The van der Waals surface area contributed by atoms with Crippen molar-refractivity contribution < 1.29 is 19.1 Å². The van der Waals surface area contributed by atoms with Crippen LogP contribution in [-0.4, -0.2) is 31.6 Å². The zero-order valence-electron chi connectivity index (χ0n) is 15.3. The molecule has 2 amide bonds. The van der Waals surface area contributed by atoms with Crippen LogP contribution in [-0.2, 0) is 16.1 Å². The van der Waals surface area contributed by atoms with E-state index in [0.29, 0.717) is 24.7 Å². The van der Waals surface area contributed by atoms with Crippen molar-refractivity contribution >= 4 is 11.8 Å². The SMILES string of the molecule is CCOc1ccc(CNC(=O)[C@H](C)NC(=O)C2CCCC2)cc1OC. The van der Waals surface area contributed by atoms with E-state index in [1.807, 2.05) is 25.1 Å². The third kappa shape index (κ3) is 5.37. The molecule has 6 nitrogen and oxygen atoms in total. The van der Waals surface area contributed by atoms with Gasteiger partial charge in [0.05, 0.1) is 13.7 Å². The molecule has 1 atom stereocenters. The largest absolute Gasteiger partial charge is 0.493 e. The monoisotopic (exact) mass is 348 g/mol. The smallest absolute Gasteiger partial charge is 0.242 e. The maximum absolute atomic E-state index is 12.2. The molecule has 1 aliphatic carbocycles. The second kappa shape index (κ2) is 9.30. The van der Waals surface area contributed by atoms with Crippen molar-refractivity contribution in [1.82, 2.24) is 10.6 Å². The Kier molecular flexibility index (Phi) is 7.10.